The van der Waals surface area contributed by atoms with Crippen molar-refractivity contribution in [1.29, 1.82) is 0 Å². The molecule has 2 aromatic rings. The number of aromatic hydroxyl groups is 1. The average molecular weight is 709 g/mol. The van der Waals surface area contributed by atoms with Gasteiger partial charge in [-0.05, 0) is 134 Å². The summed E-state index contributed by atoms with van der Waals surface area (Å²) < 4.78 is 6.20. The van der Waals surface area contributed by atoms with Crippen molar-refractivity contribution in [1.82, 2.24) is 0 Å². The zero-order valence-electron chi connectivity index (χ0n) is 31.6. The summed E-state index contributed by atoms with van der Waals surface area (Å²) in [6.45, 7) is 7.51. The molecular formula is C42H64N2O7. The molecule has 9 atom stereocenters. The molecule has 0 aliphatic heterocycles. The summed E-state index contributed by atoms with van der Waals surface area (Å²) in [5, 5.41) is 25.1. The fourth-order valence-electron chi connectivity index (χ4n) is 10.7. The van der Waals surface area contributed by atoms with Gasteiger partial charge in [0, 0.05) is 38.4 Å². The average Bonchev–Trinajstić information content (AvgIpc) is 3.49. The SMILES string of the molecule is CO.COC1CC2CCCCC2(C)C2CCC3(C)C(C(C)CCC(=O)O)CCC3C12.Nc1ccc(O)c(C=O)c1.Nc1ccccc1CCC=O. The normalized spacial score (nSPS) is 30.9. The molecule has 4 fully saturated rings. The third-order valence-corrected chi connectivity index (χ3v) is 13.2. The van der Waals surface area contributed by atoms with Crippen LogP contribution in [0.25, 0.3) is 0 Å². The van der Waals surface area contributed by atoms with Crippen molar-refractivity contribution in [2.45, 2.75) is 110 Å². The van der Waals surface area contributed by atoms with Gasteiger partial charge < -0.3 is 36.3 Å². The molecule has 0 spiro atoms. The number of carboxylic acids is 1. The zero-order valence-corrected chi connectivity index (χ0v) is 31.6. The number of ether oxygens (including phenoxy) is 1. The van der Waals surface area contributed by atoms with E-state index in [1.807, 2.05) is 31.4 Å². The molecule has 4 aliphatic carbocycles. The number of anilines is 2. The molecule has 0 aromatic heterocycles. The first kappa shape index (κ1) is 42.0. The van der Waals surface area contributed by atoms with E-state index in [0.717, 1.165) is 61.2 Å². The first-order chi connectivity index (χ1) is 24.4. The van der Waals surface area contributed by atoms with E-state index in [4.69, 9.17) is 31.5 Å². The van der Waals surface area contributed by atoms with Crippen LogP contribution in [0.15, 0.2) is 42.5 Å². The predicted molar refractivity (Wildman–Crippen MR) is 203 cm³/mol. The van der Waals surface area contributed by atoms with Crippen LogP contribution in [0.4, 0.5) is 11.4 Å². The molecule has 7 N–H and O–H groups in total. The van der Waals surface area contributed by atoms with Crippen molar-refractivity contribution < 1.29 is 34.4 Å². The van der Waals surface area contributed by atoms with E-state index < -0.39 is 5.97 Å². The first-order valence-electron chi connectivity index (χ1n) is 18.9. The van der Waals surface area contributed by atoms with Crippen LogP contribution >= 0.6 is 0 Å². The van der Waals surface area contributed by atoms with E-state index in [1.54, 1.807) is 0 Å². The van der Waals surface area contributed by atoms with Gasteiger partial charge >= 0.3 is 5.97 Å². The number of phenols is 1. The maximum atomic E-state index is 11.1. The number of carbonyl (C=O) groups excluding carboxylic acids is 2. The second kappa shape index (κ2) is 19.4. The predicted octanol–water partition coefficient (Wildman–Crippen LogP) is 7.96. The molecule has 0 bridgehead atoms. The monoisotopic (exact) mass is 708 g/mol. The van der Waals surface area contributed by atoms with E-state index in [0.29, 0.717) is 53.6 Å². The molecule has 51 heavy (non-hydrogen) atoms. The highest BCUT2D eigenvalue weighted by atomic mass is 16.5. The Morgan fingerprint density at radius 2 is 1.69 bits per heavy atom. The number of aliphatic carboxylic acids is 1. The van der Waals surface area contributed by atoms with Crippen LogP contribution in [0, 0.1) is 46.3 Å². The minimum absolute atomic E-state index is 0.0378. The second-order valence-corrected chi connectivity index (χ2v) is 15.7. The van der Waals surface area contributed by atoms with Gasteiger partial charge in [0.05, 0.1) is 11.7 Å². The summed E-state index contributed by atoms with van der Waals surface area (Å²) in [6.07, 6.45) is 16.7. The largest absolute Gasteiger partial charge is 0.507 e. The molecule has 0 radical (unpaired) electrons. The van der Waals surface area contributed by atoms with E-state index in [9.17, 15) is 14.4 Å². The second-order valence-electron chi connectivity index (χ2n) is 15.7. The number of para-hydroxylation sites is 1. The van der Waals surface area contributed by atoms with Gasteiger partial charge in [0.15, 0.2) is 6.29 Å². The van der Waals surface area contributed by atoms with Crippen LogP contribution in [0.1, 0.15) is 114 Å². The van der Waals surface area contributed by atoms with Crippen molar-refractivity contribution in [3.8, 4) is 5.75 Å². The number of nitrogen functional groups attached to an aromatic ring is 2. The maximum absolute atomic E-state index is 11.1. The van der Waals surface area contributed by atoms with Gasteiger partial charge in [0.2, 0.25) is 0 Å². The first-order valence-corrected chi connectivity index (χ1v) is 18.9. The minimum Gasteiger partial charge on any atom is -0.507 e. The Labute approximate surface area is 305 Å². The highest BCUT2D eigenvalue weighted by Gasteiger charge is 2.62. The molecule has 2 aromatic carbocycles. The molecule has 4 saturated carbocycles. The van der Waals surface area contributed by atoms with Crippen molar-refractivity contribution in [3.63, 3.8) is 0 Å². The lowest BCUT2D eigenvalue weighted by Crippen LogP contribution is -2.58. The number of carboxylic acid groups (broad SMARTS) is 1. The fourth-order valence-corrected chi connectivity index (χ4v) is 10.7. The number of methoxy groups -OCH3 is 1. The molecule has 4 aliphatic rings. The number of aldehydes is 2. The number of hydrogen-bond donors (Lipinski definition) is 5. The van der Waals surface area contributed by atoms with Gasteiger partial charge in [-0.3, -0.25) is 9.59 Å². The lowest BCUT2D eigenvalue weighted by molar-refractivity contribution is -0.173. The van der Waals surface area contributed by atoms with E-state index >= 15 is 0 Å². The van der Waals surface area contributed by atoms with Gasteiger partial charge in [-0.1, -0.05) is 51.8 Å². The Morgan fingerprint density at radius 3 is 2.31 bits per heavy atom. The number of benzene rings is 2. The third kappa shape index (κ3) is 9.92. The summed E-state index contributed by atoms with van der Waals surface area (Å²) in [5.74, 6) is 3.72. The van der Waals surface area contributed by atoms with Crippen molar-refractivity contribution in [2.24, 2.45) is 46.3 Å². The topological polar surface area (TPSA) is 173 Å². The molecule has 6 rings (SSSR count). The van der Waals surface area contributed by atoms with E-state index in [1.165, 1.54) is 76.0 Å². The summed E-state index contributed by atoms with van der Waals surface area (Å²) in [6, 6.07) is 11.9. The van der Waals surface area contributed by atoms with E-state index in [2.05, 4.69) is 20.8 Å². The Bertz CT molecular complexity index is 1420. The molecule has 0 heterocycles. The highest BCUT2D eigenvalue weighted by Crippen LogP contribution is 2.68. The number of aliphatic hydroxyl groups excluding tert-OH is 1. The molecule has 284 valence electrons. The van der Waals surface area contributed by atoms with Crippen LogP contribution < -0.4 is 11.5 Å². The number of aryl methyl sites for hydroxylation is 1. The zero-order chi connectivity index (χ0) is 37.8. The molecule has 9 nitrogen and oxygen atoms in total. The molecule has 9 unspecified atom stereocenters. The van der Waals surface area contributed by atoms with Gasteiger partial charge in [-0.15, -0.1) is 0 Å². The molecule has 9 heteroatoms. The van der Waals surface area contributed by atoms with Crippen molar-refractivity contribution >= 4 is 29.9 Å². The van der Waals surface area contributed by atoms with Crippen LogP contribution in [0.5, 0.6) is 5.75 Å². The van der Waals surface area contributed by atoms with Crippen LogP contribution in [-0.4, -0.2) is 54.2 Å². The lowest BCUT2D eigenvalue weighted by Gasteiger charge is -2.62. The number of hydrogen-bond acceptors (Lipinski definition) is 8. The van der Waals surface area contributed by atoms with Gasteiger partial charge in [0.1, 0.15) is 12.0 Å². The number of nitrogens with two attached hydrogens (primary N) is 2. The molecular weight excluding hydrogens is 644 g/mol. The number of fused-ring (bicyclic) bond motifs is 5. The van der Waals surface area contributed by atoms with Gasteiger partial charge in [-0.25, -0.2) is 0 Å². The van der Waals surface area contributed by atoms with E-state index in [-0.39, 0.29) is 11.3 Å². The molecule has 0 amide bonds. The van der Waals surface area contributed by atoms with Crippen molar-refractivity contribution in [3.05, 3.63) is 53.6 Å². The lowest BCUT2D eigenvalue weighted by atomic mass is 9.44. The number of aliphatic hydroxyl groups is 1. The van der Waals surface area contributed by atoms with Crippen molar-refractivity contribution in [2.75, 3.05) is 25.7 Å². The Hall–Kier alpha value is -3.43. The summed E-state index contributed by atoms with van der Waals surface area (Å²) >= 11 is 0. The van der Waals surface area contributed by atoms with Crippen LogP contribution in [-0.2, 0) is 20.7 Å². The Morgan fingerprint density at radius 1 is 0.980 bits per heavy atom. The summed E-state index contributed by atoms with van der Waals surface area (Å²) in [5.41, 5.74) is 14.4. The van der Waals surface area contributed by atoms with Crippen LogP contribution in [0.2, 0.25) is 0 Å². The van der Waals surface area contributed by atoms with Gasteiger partial charge in [0.25, 0.3) is 0 Å². The Kier molecular flexibility index (Phi) is 16.0. The summed E-state index contributed by atoms with van der Waals surface area (Å²) in [4.78, 5) is 31.3. The third-order valence-electron chi connectivity index (χ3n) is 13.2. The van der Waals surface area contributed by atoms with Gasteiger partial charge in [-0.2, -0.15) is 0 Å². The smallest absolute Gasteiger partial charge is 0.303 e. The quantitative estimate of drug-likeness (QED) is 0.0984. The fraction of sp³-hybridized carbons (Fsp3) is 0.643. The minimum atomic E-state index is -0.641. The number of phenolic OH excluding ortho intramolecular Hbond substituents is 1. The van der Waals surface area contributed by atoms with Crippen LogP contribution in [0.3, 0.4) is 0 Å². The molecule has 0 saturated heterocycles. The Balaban J connectivity index is 0.000000250. The highest BCUT2D eigenvalue weighted by molar-refractivity contribution is 5.80. The summed E-state index contributed by atoms with van der Waals surface area (Å²) in [7, 11) is 2.96. The number of carbonyl (C=O) groups is 3. The maximum Gasteiger partial charge on any atom is 0.303 e. The number of rotatable bonds is 9. The standard InChI is InChI=1S/C25H42O3.C9H11NO.C7H7NO2.CH4O/c1-16(8-11-22(26)27)18-9-10-19-23-20(12-14-25(18,19)3)24(2)13-6-5-7-17(24)15-21(23)28-4;10-9-6-2-1-4-8(9)5-3-7-11;8-6-1-2-7(10)5(3-6)4-9;1-2/h16-21,23H,5-15H2,1-4H3,(H,26,27);1-2,4,6-7H,3,5,10H2;1-4,10H,8H2;2H,1H3.